The molecular weight excluding hydrogens is 483 g/mol. The van der Waals surface area contributed by atoms with Gasteiger partial charge in [0.25, 0.3) is 0 Å². The fourth-order valence-corrected chi connectivity index (χ4v) is 4.09. The quantitative estimate of drug-likeness (QED) is 0.432. The first-order valence-corrected chi connectivity index (χ1v) is 11.8. The minimum Gasteiger partial charge on any atom is -0.493 e. The smallest absolute Gasteiger partial charge is 0.326 e. The van der Waals surface area contributed by atoms with E-state index in [0.29, 0.717) is 39.7 Å². The molecule has 1 saturated heterocycles. The van der Waals surface area contributed by atoms with Crippen molar-refractivity contribution < 1.29 is 32.9 Å². The number of nitrogens with zero attached hydrogens (tertiary/aromatic N) is 3. The number of methoxy groups -OCH3 is 1. The van der Waals surface area contributed by atoms with Gasteiger partial charge >= 0.3 is 6.03 Å². The Morgan fingerprint density at radius 2 is 1.92 bits per heavy atom. The van der Waals surface area contributed by atoms with E-state index < -0.39 is 17.8 Å². The van der Waals surface area contributed by atoms with Crippen molar-refractivity contribution in [1.82, 2.24) is 9.88 Å². The number of hydrogen-bond acceptors (Lipinski definition) is 8. The number of primary amides is 1. The van der Waals surface area contributed by atoms with E-state index in [9.17, 15) is 14.0 Å². The van der Waals surface area contributed by atoms with Crippen LogP contribution in [0.25, 0.3) is 10.9 Å². The van der Waals surface area contributed by atoms with Gasteiger partial charge in [-0.05, 0) is 30.7 Å². The number of fused-ring (bicyclic) bond motifs is 1. The van der Waals surface area contributed by atoms with Gasteiger partial charge in [0, 0.05) is 50.3 Å². The number of pyridine rings is 1. The van der Waals surface area contributed by atoms with Crippen molar-refractivity contribution in [2.45, 2.75) is 13.3 Å². The second-order valence-corrected chi connectivity index (χ2v) is 8.39. The summed E-state index contributed by atoms with van der Waals surface area (Å²) in [6.07, 6.45) is 2.43. The van der Waals surface area contributed by atoms with E-state index in [1.807, 2.05) is 0 Å². The highest BCUT2D eigenvalue weighted by Crippen LogP contribution is 2.37. The summed E-state index contributed by atoms with van der Waals surface area (Å²) in [5, 5.41) is 0.631. The Balaban J connectivity index is 1.50. The highest BCUT2D eigenvalue weighted by atomic mass is 19.1. The molecule has 37 heavy (non-hydrogen) atoms. The van der Waals surface area contributed by atoms with E-state index in [2.05, 4.69) is 9.88 Å². The summed E-state index contributed by atoms with van der Waals surface area (Å²) >= 11 is 0. The second-order valence-electron chi connectivity index (χ2n) is 8.39. The molecule has 1 aliphatic rings. The molecule has 3 amide bonds. The summed E-state index contributed by atoms with van der Waals surface area (Å²) in [6.45, 7) is 5.94. The van der Waals surface area contributed by atoms with Crippen LogP contribution >= 0.6 is 0 Å². The Morgan fingerprint density at radius 1 is 1.14 bits per heavy atom. The molecule has 2 aromatic carbocycles. The fourth-order valence-electron chi connectivity index (χ4n) is 4.09. The number of anilines is 1. The lowest BCUT2D eigenvalue weighted by Crippen LogP contribution is -2.39. The normalized spacial score (nSPS) is 13.8. The van der Waals surface area contributed by atoms with Crippen LogP contribution in [0.3, 0.4) is 0 Å². The van der Waals surface area contributed by atoms with Crippen LogP contribution in [0.5, 0.6) is 23.0 Å². The SMILES string of the molecule is COc1cc2c(Oc3ccc(N(C(C)=O)C(N)=O)c(F)c3)ccnc2cc1OCCCN1CCOCC1. The molecule has 0 aliphatic carbocycles. The minimum absolute atomic E-state index is 0.157. The van der Waals surface area contributed by atoms with Crippen LogP contribution in [0.15, 0.2) is 42.6 Å². The van der Waals surface area contributed by atoms with E-state index in [4.69, 9.17) is 24.7 Å². The molecule has 196 valence electrons. The summed E-state index contributed by atoms with van der Waals surface area (Å²) in [4.78, 5) is 30.5. The molecule has 1 aliphatic heterocycles. The predicted molar refractivity (Wildman–Crippen MR) is 135 cm³/mol. The Hall–Kier alpha value is -3.96. The van der Waals surface area contributed by atoms with Crippen LogP contribution < -0.4 is 24.8 Å². The maximum Gasteiger partial charge on any atom is 0.326 e. The van der Waals surface area contributed by atoms with Crippen molar-refractivity contribution in [3.63, 3.8) is 0 Å². The van der Waals surface area contributed by atoms with Gasteiger partial charge in [-0.2, -0.15) is 0 Å². The molecule has 0 saturated carbocycles. The topological polar surface area (TPSA) is 116 Å². The van der Waals surface area contributed by atoms with Crippen LogP contribution in [-0.2, 0) is 9.53 Å². The lowest BCUT2D eigenvalue weighted by Gasteiger charge is -2.26. The highest BCUT2D eigenvalue weighted by molar-refractivity contribution is 6.12. The molecule has 0 atom stereocenters. The number of carbonyl (C=O) groups excluding carboxylic acids is 2. The van der Waals surface area contributed by atoms with Crippen LogP contribution in [0.4, 0.5) is 14.9 Å². The molecule has 0 radical (unpaired) electrons. The molecule has 2 heterocycles. The Kier molecular flexibility index (Phi) is 8.36. The van der Waals surface area contributed by atoms with Crippen molar-refractivity contribution in [2.75, 3.05) is 51.5 Å². The first-order chi connectivity index (χ1) is 17.9. The van der Waals surface area contributed by atoms with Gasteiger partial charge in [0.15, 0.2) is 17.3 Å². The molecule has 2 N–H and O–H groups in total. The average Bonchev–Trinajstić information content (AvgIpc) is 2.88. The third-order valence-corrected chi connectivity index (χ3v) is 5.89. The fraction of sp³-hybridized carbons (Fsp3) is 0.346. The number of nitrogens with two attached hydrogens (primary N) is 1. The average molecular weight is 513 g/mol. The van der Waals surface area contributed by atoms with E-state index >= 15 is 0 Å². The molecule has 4 rings (SSSR count). The van der Waals surface area contributed by atoms with Crippen molar-refractivity contribution in [2.24, 2.45) is 5.73 Å². The van der Waals surface area contributed by atoms with Gasteiger partial charge in [-0.15, -0.1) is 0 Å². The number of rotatable bonds is 9. The molecule has 0 unspecified atom stereocenters. The number of ether oxygens (including phenoxy) is 4. The summed E-state index contributed by atoms with van der Waals surface area (Å²) < 4.78 is 37.6. The Morgan fingerprint density at radius 3 is 2.59 bits per heavy atom. The number of halogens is 1. The van der Waals surface area contributed by atoms with Crippen molar-refractivity contribution >= 4 is 28.5 Å². The van der Waals surface area contributed by atoms with Crippen molar-refractivity contribution in [1.29, 1.82) is 0 Å². The molecule has 3 aromatic rings. The van der Waals surface area contributed by atoms with E-state index in [1.54, 1.807) is 31.5 Å². The maximum atomic E-state index is 14.7. The lowest BCUT2D eigenvalue weighted by atomic mass is 10.1. The third-order valence-electron chi connectivity index (χ3n) is 5.89. The molecule has 11 heteroatoms. The van der Waals surface area contributed by atoms with Crippen molar-refractivity contribution in [3.8, 4) is 23.0 Å². The number of carbonyl (C=O) groups is 2. The zero-order valence-electron chi connectivity index (χ0n) is 20.7. The van der Waals surface area contributed by atoms with Gasteiger partial charge in [0.1, 0.15) is 11.5 Å². The van der Waals surface area contributed by atoms with Crippen LogP contribution in [0, 0.1) is 5.82 Å². The zero-order valence-corrected chi connectivity index (χ0v) is 20.7. The van der Waals surface area contributed by atoms with Gasteiger partial charge in [0.2, 0.25) is 5.91 Å². The summed E-state index contributed by atoms with van der Waals surface area (Å²) in [5.41, 5.74) is 5.55. The number of imide groups is 1. The number of amides is 3. The standard InChI is InChI=1S/C26H29FN4O6/c1-17(32)31(26(28)33)22-5-4-18(14-20(22)27)37-23-6-7-29-21-16-25(24(34-2)15-19(21)23)36-11-3-8-30-9-12-35-13-10-30/h4-7,14-16H,3,8-13H2,1-2H3,(H2,28,33). The minimum atomic E-state index is -1.08. The Labute approximate surface area is 213 Å². The molecule has 1 aromatic heterocycles. The number of aromatic nitrogens is 1. The highest BCUT2D eigenvalue weighted by Gasteiger charge is 2.21. The third kappa shape index (κ3) is 6.25. The van der Waals surface area contributed by atoms with Gasteiger partial charge in [-0.25, -0.2) is 14.1 Å². The van der Waals surface area contributed by atoms with Crippen molar-refractivity contribution in [3.05, 3.63) is 48.4 Å². The molecule has 0 bridgehead atoms. The summed E-state index contributed by atoms with van der Waals surface area (Å²) in [7, 11) is 1.55. The molecule has 10 nitrogen and oxygen atoms in total. The number of hydrogen-bond donors (Lipinski definition) is 1. The monoisotopic (exact) mass is 512 g/mol. The zero-order chi connectivity index (χ0) is 26.4. The predicted octanol–water partition coefficient (Wildman–Crippen LogP) is 3.71. The van der Waals surface area contributed by atoms with Gasteiger partial charge in [-0.1, -0.05) is 0 Å². The first-order valence-electron chi connectivity index (χ1n) is 11.8. The van der Waals surface area contributed by atoms with Gasteiger partial charge in [-0.3, -0.25) is 14.7 Å². The van der Waals surface area contributed by atoms with Gasteiger partial charge < -0.3 is 24.7 Å². The summed E-state index contributed by atoms with van der Waals surface area (Å²) in [6, 6.07) is 7.86. The van der Waals surface area contributed by atoms with E-state index in [-0.39, 0.29) is 11.4 Å². The van der Waals surface area contributed by atoms with Crippen LogP contribution in [0.2, 0.25) is 0 Å². The lowest BCUT2D eigenvalue weighted by molar-refractivity contribution is -0.115. The number of morpholine rings is 1. The molecular formula is C26H29FN4O6. The largest absolute Gasteiger partial charge is 0.493 e. The Bertz CT molecular complexity index is 1270. The number of urea groups is 1. The van der Waals surface area contributed by atoms with Gasteiger partial charge in [0.05, 0.1) is 38.1 Å². The first kappa shape index (κ1) is 26.1. The summed E-state index contributed by atoms with van der Waals surface area (Å²) in [5.74, 6) is 0.1000. The second kappa shape index (κ2) is 11.8. The molecule has 1 fully saturated rings. The molecule has 0 spiro atoms. The van der Waals surface area contributed by atoms with Crippen LogP contribution in [-0.4, -0.2) is 68.4 Å². The maximum absolute atomic E-state index is 14.7. The van der Waals surface area contributed by atoms with E-state index in [0.717, 1.165) is 52.3 Å². The van der Waals surface area contributed by atoms with E-state index in [1.165, 1.54) is 12.1 Å². The van der Waals surface area contributed by atoms with Crippen LogP contribution in [0.1, 0.15) is 13.3 Å². The number of benzene rings is 2.